The zero-order valence-electron chi connectivity index (χ0n) is 19.5. The number of benzene rings is 2. The SMILES string of the molecule is N=C(N)N1CCCC(CNC(=O)C[C@H](NS(=O)(=O)c2cccc3ccccc23)C(=O)NC2CC2)C1. The number of amides is 2. The van der Waals surface area contributed by atoms with Crippen LogP contribution >= 0.6 is 0 Å². The first-order valence-electron chi connectivity index (χ1n) is 11.9. The molecular weight excluding hydrogens is 468 g/mol. The predicted octanol–water partition coefficient (Wildman–Crippen LogP) is 0.877. The number of guanidine groups is 1. The topological polar surface area (TPSA) is 157 Å². The van der Waals surface area contributed by atoms with Crippen LogP contribution < -0.4 is 21.1 Å². The Bertz CT molecular complexity index is 1210. The smallest absolute Gasteiger partial charge is 0.241 e. The van der Waals surface area contributed by atoms with Crippen LogP contribution in [-0.4, -0.2) is 62.8 Å². The van der Waals surface area contributed by atoms with E-state index in [2.05, 4.69) is 15.4 Å². The highest BCUT2D eigenvalue weighted by molar-refractivity contribution is 7.89. The molecule has 188 valence electrons. The molecule has 1 heterocycles. The van der Waals surface area contributed by atoms with Crippen molar-refractivity contribution < 1.29 is 18.0 Å². The van der Waals surface area contributed by atoms with Crippen molar-refractivity contribution in [2.24, 2.45) is 11.7 Å². The monoisotopic (exact) mass is 500 g/mol. The zero-order valence-corrected chi connectivity index (χ0v) is 20.3. The van der Waals surface area contributed by atoms with Gasteiger partial charge in [-0.05, 0) is 43.1 Å². The molecule has 0 radical (unpaired) electrons. The molecule has 1 saturated carbocycles. The molecular formula is C24H32N6O4S. The number of sulfonamides is 1. The van der Waals surface area contributed by atoms with Crippen molar-refractivity contribution in [2.75, 3.05) is 19.6 Å². The maximum atomic E-state index is 13.3. The van der Waals surface area contributed by atoms with Crippen LogP contribution in [0, 0.1) is 11.3 Å². The highest BCUT2D eigenvalue weighted by atomic mass is 32.2. The average Bonchev–Trinajstić information content (AvgIpc) is 3.66. The molecule has 10 nitrogen and oxygen atoms in total. The standard InChI is InChI=1S/C24H32N6O4S/c25-24(26)30-12-4-5-16(15-30)14-27-22(31)13-20(23(32)28-18-10-11-18)29-35(33,34)21-9-3-7-17-6-1-2-8-19(17)21/h1-3,6-9,16,18,20,29H,4-5,10-15H2,(H3,25,26)(H,27,31)(H,28,32)/t16?,20-/m0/s1. The summed E-state index contributed by atoms with van der Waals surface area (Å²) in [6.07, 6.45) is 3.14. The van der Waals surface area contributed by atoms with Crippen LogP contribution in [0.1, 0.15) is 32.1 Å². The Labute approximate surface area is 205 Å². The molecule has 0 aromatic heterocycles. The van der Waals surface area contributed by atoms with Crippen molar-refractivity contribution in [3.63, 3.8) is 0 Å². The van der Waals surface area contributed by atoms with E-state index in [1.165, 1.54) is 6.07 Å². The molecule has 2 aromatic carbocycles. The average molecular weight is 501 g/mol. The number of piperidine rings is 1. The Hall–Kier alpha value is -3.18. The van der Waals surface area contributed by atoms with E-state index in [1.807, 2.05) is 18.2 Å². The molecule has 35 heavy (non-hydrogen) atoms. The third-order valence-electron chi connectivity index (χ3n) is 6.41. The number of nitrogens with two attached hydrogens (primary N) is 1. The third kappa shape index (κ3) is 6.49. The molecule has 11 heteroatoms. The van der Waals surface area contributed by atoms with E-state index in [4.69, 9.17) is 11.1 Å². The first-order chi connectivity index (χ1) is 16.7. The lowest BCUT2D eigenvalue weighted by Gasteiger charge is -2.33. The maximum Gasteiger partial charge on any atom is 0.241 e. The molecule has 4 rings (SSSR count). The summed E-state index contributed by atoms with van der Waals surface area (Å²) in [5, 5.41) is 14.5. The Kier molecular flexibility index (Phi) is 7.56. The number of rotatable bonds is 9. The first-order valence-corrected chi connectivity index (χ1v) is 13.4. The molecule has 6 N–H and O–H groups in total. The van der Waals surface area contributed by atoms with Crippen molar-refractivity contribution in [2.45, 2.75) is 49.1 Å². The minimum absolute atomic E-state index is 0.0145. The summed E-state index contributed by atoms with van der Waals surface area (Å²) >= 11 is 0. The van der Waals surface area contributed by atoms with Gasteiger partial charge in [-0.15, -0.1) is 0 Å². The van der Waals surface area contributed by atoms with Crippen LogP contribution in [0.2, 0.25) is 0 Å². The minimum atomic E-state index is -4.08. The van der Waals surface area contributed by atoms with Gasteiger partial charge in [-0.25, -0.2) is 8.42 Å². The van der Waals surface area contributed by atoms with Crippen LogP contribution in [-0.2, 0) is 19.6 Å². The molecule has 1 saturated heterocycles. The van der Waals surface area contributed by atoms with Gasteiger partial charge in [-0.2, -0.15) is 4.72 Å². The first kappa shape index (κ1) is 24.9. The van der Waals surface area contributed by atoms with Crippen molar-refractivity contribution in [3.8, 4) is 0 Å². The molecule has 1 aliphatic heterocycles. The second-order valence-corrected chi connectivity index (χ2v) is 11.0. The Balaban J connectivity index is 1.44. The predicted molar refractivity (Wildman–Crippen MR) is 133 cm³/mol. The normalized spacial score (nSPS) is 19.2. The van der Waals surface area contributed by atoms with E-state index in [9.17, 15) is 18.0 Å². The molecule has 2 amide bonds. The fraction of sp³-hybridized carbons (Fsp3) is 0.458. The van der Waals surface area contributed by atoms with Gasteiger partial charge in [-0.3, -0.25) is 15.0 Å². The Morgan fingerprint density at radius 2 is 1.86 bits per heavy atom. The van der Waals surface area contributed by atoms with Gasteiger partial charge in [0.15, 0.2) is 5.96 Å². The molecule has 2 aliphatic rings. The van der Waals surface area contributed by atoms with E-state index >= 15 is 0 Å². The van der Waals surface area contributed by atoms with Gasteiger partial charge in [0.05, 0.1) is 11.3 Å². The molecule has 0 bridgehead atoms. The van der Waals surface area contributed by atoms with E-state index in [1.54, 1.807) is 23.1 Å². The lowest BCUT2D eigenvalue weighted by molar-refractivity contribution is -0.128. The van der Waals surface area contributed by atoms with Crippen LogP contribution in [0.25, 0.3) is 10.8 Å². The highest BCUT2D eigenvalue weighted by Gasteiger charge is 2.32. The number of nitrogens with one attached hydrogen (secondary N) is 4. The number of fused-ring (bicyclic) bond motifs is 1. The molecule has 1 aliphatic carbocycles. The fourth-order valence-electron chi connectivity index (χ4n) is 4.36. The van der Waals surface area contributed by atoms with Gasteiger partial charge >= 0.3 is 0 Å². The summed E-state index contributed by atoms with van der Waals surface area (Å²) in [6.45, 7) is 1.67. The molecule has 2 fully saturated rings. The molecule has 2 atom stereocenters. The fourth-order valence-corrected chi connectivity index (χ4v) is 5.79. The van der Waals surface area contributed by atoms with Crippen LogP contribution in [0.3, 0.4) is 0 Å². The van der Waals surface area contributed by atoms with E-state index in [0.717, 1.165) is 37.6 Å². The van der Waals surface area contributed by atoms with Crippen LogP contribution in [0.5, 0.6) is 0 Å². The second-order valence-electron chi connectivity index (χ2n) is 9.28. The summed E-state index contributed by atoms with van der Waals surface area (Å²) in [4.78, 5) is 27.4. The summed E-state index contributed by atoms with van der Waals surface area (Å²) in [6, 6.07) is 10.9. The van der Waals surface area contributed by atoms with Crippen molar-refractivity contribution in [3.05, 3.63) is 42.5 Å². The van der Waals surface area contributed by atoms with Gasteiger partial charge in [0, 0.05) is 31.1 Å². The van der Waals surface area contributed by atoms with E-state index < -0.39 is 27.9 Å². The van der Waals surface area contributed by atoms with E-state index in [-0.39, 0.29) is 29.2 Å². The van der Waals surface area contributed by atoms with Gasteiger partial charge in [0.25, 0.3) is 0 Å². The lowest BCUT2D eigenvalue weighted by Crippen LogP contribution is -2.50. The van der Waals surface area contributed by atoms with Crippen LogP contribution in [0.4, 0.5) is 0 Å². The van der Waals surface area contributed by atoms with Gasteiger partial charge in [0.2, 0.25) is 21.8 Å². The number of nitrogens with zero attached hydrogens (tertiary/aromatic N) is 1. The quantitative estimate of drug-likeness (QED) is 0.254. The van der Waals surface area contributed by atoms with Gasteiger partial charge in [0.1, 0.15) is 6.04 Å². The summed E-state index contributed by atoms with van der Waals surface area (Å²) in [5.74, 6) is -0.781. The summed E-state index contributed by atoms with van der Waals surface area (Å²) < 4.78 is 29.0. The maximum absolute atomic E-state index is 13.3. The highest BCUT2D eigenvalue weighted by Crippen LogP contribution is 2.24. The molecule has 0 spiro atoms. The van der Waals surface area contributed by atoms with Gasteiger partial charge < -0.3 is 21.3 Å². The Morgan fingerprint density at radius 3 is 2.60 bits per heavy atom. The molecule has 2 aromatic rings. The third-order valence-corrected chi connectivity index (χ3v) is 7.94. The zero-order chi connectivity index (χ0) is 25.0. The lowest BCUT2D eigenvalue weighted by atomic mass is 9.98. The number of hydrogen-bond acceptors (Lipinski definition) is 5. The van der Waals surface area contributed by atoms with Crippen molar-refractivity contribution in [1.29, 1.82) is 5.41 Å². The second kappa shape index (κ2) is 10.6. The largest absolute Gasteiger partial charge is 0.370 e. The summed E-state index contributed by atoms with van der Waals surface area (Å²) in [7, 11) is -4.08. The minimum Gasteiger partial charge on any atom is -0.370 e. The van der Waals surface area contributed by atoms with Crippen molar-refractivity contribution in [1.82, 2.24) is 20.3 Å². The number of carbonyl (C=O) groups is 2. The summed E-state index contributed by atoms with van der Waals surface area (Å²) in [5.41, 5.74) is 5.58. The number of likely N-dealkylation sites (tertiary alicyclic amines) is 1. The van der Waals surface area contributed by atoms with Crippen LogP contribution in [0.15, 0.2) is 47.4 Å². The van der Waals surface area contributed by atoms with Gasteiger partial charge in [-0.1, -0.05) is 36.4 Å². The number of hydrogen-bond donors (Lipinski definition) is 5. The van der Waals surface area contributed by atoms with Crippen molar-refractivity contribution >= 4 is 38.6 Å². The molecule has 1 unspecified atom stereocenters. The number of carbonyl (C=O) groups excluding carboxylic acids is 2. The van der Waals surface area contributed by atoms with E-state index in [0.29, 0.717) is 18.5 Å². The Morgan fingerprint density at radius 1 is 1.11 bits per heavy atom.